The average molecular weight is 354 g/mol. The third kappa shape index (κ3) is 5.01. The third-order valence-electron chi connectivity index (χ3n) is 5.35. The number of nitrogens with one attached hydrogen (secondary N) is 1. The molecule has 0 bridgehead atoms. The van der Waals surface area contributed by atoms with E-state index < -0.39 is 0 Å². The van der Waals surface area contributed by atoms with Crippen molar-refractivity contribution in [3.05, 3.63) is 59.2 Å². The van der Waals surface area contributed by atoms with E-state index >= 15 is 0 Å². The number of ether oxygens (including phenoxy) is 2. The molecule has 1 fully saturated rings. The average Bonchev–Trinajstić information content (AvgIpc) is 2.94. The third-order valence-corrected chi connectivity index (χ3v) is 5.35. The van der Waals surface area contributed by atoms with Crippen LogP contribution in [0.5, 0.6) is 11.5 Å². The molecule has 0 unspecified atom stereocenters. The van der Waals surface area contributed by atoms with Crippen molar-refractivity contribution in [3.8, 4) is 11.5 Å². The van der Waals surface area contributed by atoms with Gasteiger partial charge >= 0.3 is 0 Å². The van der Waals surface area contributed by atoms with Gasteiger partial charge in [-0.25, -0.2) is 0 Å². The first-order valence-corrected chi connectivity index (χ1v) is 9.84. The second-order valence-electron chi connectivity index (χ2n) is 7.23. The molecule has 0 saturated heterocycles. The molecule has 3 nitrogen and oxygen atoms in total. The summed E-state index contributed by atoms with van der Waals surface area (Å²) in [5.74, 6) is 1.66. The van der Waals surface area contributed by atoms with E-state index in [0.29, 0.717) is 12.6 Å². The van der Waals surface area contributed by atoms with E-state index in [-0.39, 0.29) is 0 Å². The minimum absolute atomic E-state index is 0.559. The summed E-state index contributed by atoms with van der Waals surface area (Å²) in [5.41, 5.74) is 3.63. The number of para-hydroxylation sites is 1. The Morgan fingerprint density at radius 3 is 2.38 bits per heavy atom. The van der Waals surface area contributed by atoms with E-state index in [1.165, 1.54) is 55.2 Å². The summed E-state index contributed by atoms with van der Waals surface area (Å²) >= 11 is 0. The predicted octanol–water partition coefficient (Wildman–Crippen LogP) is 5.40. The first-order chi connectivity index (χ1) is 12.8. The van der Waals surface area contributed by atoms with Gasteiger partial charge in [-0.15, -0.1) is 0 Å². The molecule has 2 aromatic carbocycles. The molecular formula is C23H31NO2. The van der Waals surface area contributed by atoms with Crippen molar-refractivity contribution < 1.29 is 9.47 Å². The highest BCUT2D eigenvalue weighted by molar-refractivity contribution is 5.47. The molecule has 0 radical (unpaired) electrons. The Morgan fingerprint density at radius 1 is 0.923 bits per heavy atom. The van der Waals surface area contributed by atoms with Crippen LogP contribution < -0.4 is 14.8 Å². The summed E-state index contributed by atoms with van der Waals surface area (Å²) in [5, 5.41) is 3.74. The molecular weight excluding hydrogens is 322 g/mol. The lowest BCUT2D eigenvalue weighted by molar-refractivity contribution is 0.279. The standard InChI is InChI=1S/C23H31NO2/c1-18-10-7-8-11-20(18)17-26-23-19(12-9-15-22(23)25-2)16-24-21-13-5-3-4-6-14-21/h7-12,15,21,24H,3-6,13-14,16-17H2,1-2H3. The Kier molecular flexibility index (Phi) is 6.96. The first-order valence-electron chi connectivity index (χ1n) is 9.84. The first kappa shape index (κ1) is 18.8. The maximum absolute atomic E-state index is 6.23. The Bertz CT molecular complexity index is 690. The number of hydrogen-bond donors (Lipinski definition) is 1. The maximum Gasteiger partial charge on any atom is 0.166 e. The second kappa shape index (κ2) is 9.63. The molecule has 0 heterocycles. The quantitative estimate of drug-likeness (QED) is 0.677. The van der Waals surface area contributed by atoms with E-state index in [4.69, 9.17) is 9.47 Å². The van der Waals surface area contributed by atoms with E-state index in [1.54, 1.807) is 7.11 Å². The van der Waals surface area contributed by atoms with Crippen LogP contribution in [0, 0.1) is 6.92 Å². The van der Waals surface area contributed by atoms with E-state index in [0.717, 1.165) is 18.0 Å². The Labute approximate surface area is 157 Å². The topological polar surface area (TPSA) is 30.5 Å². The van der Waals surface area contributed by atoms with Gasteiger partial charge in [0.05, 0.1) is 7.11 Å². The molecule has 0 atom stereocenters. The maximum atomic E-state index is 6.23. The lowest BCUT2D eigenvalue weighted by atomic mass is 10.1. The highest BCUT2D eigenvalue weighted by Gasteiger charge is 2.15. The van der Waals surface area contributed by atoms with Crippen molar-refractivity contribution in [1.29, 1.82) is 0 Å². The second-order valence-corrected chi connectivity index (χ2v) is 7.23. The molecule has 3 heteroatoms. The van der Waals surface area contributed by atoms with Gasteiger partial charge in [-0.05, 0) is 37.0 Å². The minimum atomic E-state index is 0.559. The van der Waals surface area contributed by atoms with Crippen molar-refractivity contribution in [2.24, 2.45) is 0 Å². The molecule has 0 aliphatic heterocycles. The SMILES string of the molecule is COc1cccc(CNC2CCCCCC2)c1OCc1ccccc1C. The molecule has 3 rings (SSSR count). The zero-order chi connectivity index (χ0) is 18.2. The van der Waals surface area contributed by atoms with Gasteiger partial charge in [-0.2, -0.15) is 0 Å². The van der Waals surface area contributed by atoms with Gasteiger partial charge in [0.25, 0.3) is 0 Å². The van der Waals surface area contributed by atoms with E-state index in [1.807, 2.05) is 12.1 Å². The summed E-state index contributed by atoms with van der Waals surface area (Å²) in [4.78, 5) is 0. The number of hydrogen-bond acceptors (Lipinski definition) is 3. The van der Waals surface area contributed by atoms with Gasteiger partial charge in [-0.3, -0.25) is 0 Å². The molecule has 0 spiro atoms. The highest BCUT2D eigenvalue weighted by atomic mass is 16.5. The number of rotatable bonds is 7. The molecule has 2 aromatic rings. The van der Waals surface area contributed by atoms with Crippen LogP contribution in [-0.4, -0.2) is 13.2 Å². The fraction of sp³-hybridized carbons (Fsp3) is 0.478. The predicted molar refractivity (Wildman–Crippen MR) is 107 cm³/mol. The highest BCUT2D eigenvalue weighted by Crippen LogP contribution is 2.32. The molecule has 1 N–H and O–H groups in total. The zero-order valence-corrected chi connectivity index (χ0v) is 16.1. The van der Waals surface area contributed by atoms with Gasteiger partial charge < -0.3 is 14.8 Å². The van der Waals surface area contributed by atoms with Gasteiger partial charge in [-0.1, -0.05) is 62.1 Å². The summed E-state index contributed by atoms with van der Waals surface area (Å²) in [7, 11) is 1.71. The Balaban J connectivity index is 1.70. The molecule has 1 aliphatic rings. The summed E-state index contributed by atoms with van der Waals surface area (Å²) in [6.45, 7) is 3.50. The van der Waals surface area contributed by atoms with Gasteiger partial charge in [0.2, 0.25) is 0 Å². The lowest BCUT2D eigenvalue weighted by Gasteiger charge is -2.19. The molecule has 1 aliphatic carbocycles. The van der Waals surface area contributed by atoms with Crippen LogP contribution in [-0.2, 0) is 13.2 Å². The zero-order valence-electron chi connectivity index (χ0n) is 16.1. The molecule has 0 amide bonds. The Hall–Kier alpha value is -2.00. The van der Waals surface area contributed by atoms with Crippen molar-refractivity contribution in [3.63, 3.8) is 0 Å². The van der Waals surface area contributed by atoms with E-state index in [9.17, 15) is 0 Å². The van der Waals surface area contributed by atoms with Crippen LogP contribution in [0.2, 0.25) is 0 Å². The smallest absolute Gasteiger partial charge is 0.166 e. The Morgan fingerprint density at radius 2 is 1.65 bits per heavy atom. The number of aryl methyl sites for hydroxylation is 1. The fourth-order valence-electron chi connectivity index (χ4n) is 3.68. The van der Waals surface area contributed by atoms with Crippen molar-refractivity contribution in [2.45, 2.75) is 64.6 Å². The minimum Gasteiger partial charge on any atom is -0.493 e. The van der Waals surface area contributed by atoms with Crippen molar-refractivity contribution in [2.75, 3.05) is 7.11 Å². The van der Waals surface area contributed by atoms with Crippen LogP contribution >= 0.6 is 0 Å². The summed E-state index contributed by atoms with van der Waals surface area (Å²) < 4.78 is 11.8. The molecule has 1 saturated carbocycles. The van der Waals surface area contributed by atoms with Gasteiger partial charge in [0.1, 0.15) is 6.61 Å². The summed E-state index contributed by atoms with van der Waals surface area (Å²) in [6, 6.07) is 15.1. The largest absolute Gasteiger partial charge is 0.493 e. The summed E-state index contributed by atoms with van der Waals surface area (Å²) in [6.07, 6.45) is 8.00. The number of benzene rings is 2. The van der Waals surface area contributed by atoms with Crippen LogP contribution in [0.3, 0.4) is 0 Å². The monoisotopic (exact) mass is 353 g/mol. The van der Waals surface area contributed by atoms with Crippen LogP contribution in [0.25, 0.3) is 0 Å². The van der Waals surface area contributed by atoms with Crippen molar-refractivity contribution in [1.82, 2.24) is 5.32 Å². The molecule has 0 aromatic heterocycles. The fourth-order valence-corrected chi connectivity index (χ4v) is 3.68. The van der Waals surface area contributed by atoms with Crippen LogP contribution in [0.1, 0.15) is 55.2 Å². The molecule has 140 valence electrons. The van der Waals surface area contributed by atoms with Crippen molar-refractivity contribution >= 4 is 0 Å². The molecule has 26 heavy (non-hydrogen) atoms. The van der Waals surface area contributed by atoms with Crippen LogP contribution in [0.4, 0.5) is 0 Å². The van der Waals surface area contributed by atoms with E-state index in [2.05, 4.69) is 42.6 Å². The normalized spacial score (nSPS) is 15.5. The van der Waals surface area contributed by atoms with Gasteiger partial charge in [0.15, 0.2) is 11.5 Å². The van der Waals surface area contributed by atoms with Gasteiger partial charge in [0, 0.05) is 18.2 Å². The van der Waals surface area contributed by atoms with Crippen LogP contribution in [0.15, 0.2) is 42.5 Å². The number of methoxy groups -OCH3 is 1. The lowest BCUT2D eigenvalue weighted by Crippen LogP contribution is -2.28.